The summed E-state index contributed by atoms with van der Waals surface area (Å²) in [7, 11) is 1.45. The van der Waals surface area contributed by atoms with Gasteiger partial charge in [0.15, 0.2) is 11.5 Å². The molecule has 0 aliphatic heterocycles. The number of hydrogen-bond donors (Lipinski definition) is 2. The van der Waals surface area contributed by atoms with Gasteiger partial charge >= 0.3 is 0 Å². The Hall–Kier alpha value is -1.91. The van der Waals surface area contributed by atoms with E-state index in [4.69, 9.17) is 27.9 Å². The SMILES string of the molecule is COc1cc(/C=N/Nc2ccccc2Cl)cc(Cl)c1O. The van der Waals surface area contributed by atoms with Crippen LogP contribution < -0.4 is 10.2 Å². The van der Waals surface area contributed by atoms with Crippen LogP contribution in [0.4, 0.5) is 5.69 Å². The molecule has 0 saturated carbocycles. The minimum Gasteiger partial charge on any atom is -0.503 e. The van der Waals surface area contributed by atoms with Crippen molar-refractivity contribution in [1.29, 1.82) is 0 Å². The summed E-state index contributed by atoms with van der Waals surface area (Å²) in [5.74, 6) is 0.196. The average molecular weight is 311 g/mol. The molecule has 0 amide bonds. The fourth-order valence-electron chi connectivity index (χ4n) is 1.55. The van der Waals surface area contributed by atoms with Gasteiger partial charge in [0.2, 0.25) is 0 Å². The molecule has 2 aromatic rings. The van der Waals surface area contributed by atoms with E-state index in [9.17, 15) is 5.11 Å². The van der Waals surface area contributed by atoms with Gasteiger partial charge in [0.25, 0.3) is 0 Å². The van der Waals surface area contributed by atoms with Gasteiger partial charge in [0.1, 0.15) is 0 Å². The van der Waals surface area contributed by atoms with Crippen LogP contribution in [0.25, 0.3) is 0 Å². The Balaban J connectivity index is 2.16. The fourth-order valence-corrected chi connectivity index (χ4v) is 1.95. The zero-order chi connectivity index (χ0) is 14.5. The van der Waals surface area contributed by atoms with Crippen LogP contribution in [0.5, 0.6) is 11.5 Å². The number of hydrogen-bond acceptors (Lipinski definition) is 4. The molecule has 0 aromatic heterocycles. The summed E-state index contributed by atoms with van der Waals surface area (Å²) in [5, 5.41) is 14.5. The average Bonchev–Trinajstić information content (AvgIpc) is 2.44. The summed E-state index contributed by atoms with van der Waals surface area (Å²) in [4.78, 5) is 0. The third kappa shape index (κ3) is 3.35. The number of nitrogens with zero attached hydrogens (tertiary/aromatic N) is 1. The lowest BCUT2D eigenvalue weighted by atomic mass is 10.2. The van der Waals surface area contributed by atoms with Gasteiger partial charge in [-0.15, -0.1) is 0 Å². The molecule has 104 valence electrons. The Morgan fingerprint density at radius 1 is 1.20 bits per heavy atom. The Labute approximate surface area is 126 Å². The van der Waals surface area contributed by atoms with Crippen molar-refractivity contribution >= 4 is 35.1 Å². The lowest BCUT2D eigenvalue weighted by molar-refractivity contribution is 0.373. The van der Waals surface area contributed by atoms with Crippen LogP contribution in [0.1, 0.15) is 5.56 Å². The van der Waals surface area contributed by atoms with Crippen molar-refractivity contribution in [1.82, 2.24) is 0 Å². The number of nitrogens with one attached hydrogen (secondary N) is 1. The molecule has 6 heteroatoms. The Bertz CT molecular complexity index is 645. The third-order valence-corrected chi connectivity index (χ3v) is 3.16. The molecule has 0 radical (unpaired) electrons. The zero-order valence-corrected chi connectivity index (χ0v) is 12.1. The largest absolute Gasteiger partial charge is 0.503 e. The highest BCUT2D eigenvalue weighted by Gasteiger charge is 2.07. The Kier molecular flexibility index (Phi) is 4.71. The van der Waals surface area contributed by atoms with Crippen LogP contribution in [0.2, 0.25) is 10.0 Å². The normalized spacial score (nSPS) is 10.8. The van der Waals surface area contributed by atoms with E-state index in [1.54, 1.807) is 24.4 Å². The maximum Gasteiger partial charge on any atom is 0.176 e. The fraction of sp³-hybridized carbons (Fsp3) is 0.0714. The van der Waals surface area contributed by atoms with Gasteiger partial charge in [0, 0.05) is 0 Å². The lowest BCUT2D eigenvalue weighted by Gasteiger charge is -2.06. The second-order valence-corrected chi connectivity index (χ2v) is 4.72. The number of phenolic OH excluding ortho intramolecular Hbond substituents is 1. The van der Waals surface area contributed by atoms with Gasteiger partial charge in [0.05, 0.1) is 29.1 Å². The molecule has 2 rings (SSSR count). The number of aromatic hydroxyl groups is 1. The van der Waals surface area contributed by atoms with Crippen molar-refractivity contribution < 1.29 is 9.84 Å². The Morgan fingerprint density at radius 2 is 1.95 bits per heavy atom. The highest BCUT2D eigenvalue weighted by molar-refractivity contribution is 6.33. The monoisotopic (exact) mass is 310 g/mol. The second kappa shape index (κ2) is 6.50. The molecule has 20 heavy (non-hydrogen) atoms. The van der Waals surface area contributed by atoms with Crippen molar-refractivity contribution in [2.24, 2.45) is 5.10 Å². The first-order valence-corrected chi connectivity index (χ1v) is 6.47. The van der Waals surface area contributed by atoms with Gasteiger partial charge in [-0.3, -0.25) is 5.43 Å². The molecule has 0 saturated heterocycles. The molecular formula is C14H12Cl2N2O2. The van der Waals surface area contributed by atoms with Gasteiger partial charge in [-0.1, -0.05) is 35.3 Å². The van der Waals surface area contributed by atoms with Crippen LogP contribution in [-0.4, -0.2) is 18.4 Å². The van der Waals surface area contributed by atoms with Crippen LogP contribution in [-0.2, 0) is 0 Å². The molecule has 0 fully saturated rings. The standard InChI is InChI=1S/C14H12Cl2N2O2/c1-20-13-7-9(6-11(16)14(13)19)8-17-18-12-5-3-2-4-10(12)15/h2-8,18-19H,1H3/b17-8+. The first-order chi connectivity index (χ1) is 9.61. The topological polar surface area (TPSA) is 53.8 Å². The van der Waals surface area contributed by atoms with E-state index in [2.05, 4.69) is 10.5 Å². The van der Waals surface area contributed by atoms with Gasteiger partial charge in [-0.25, -0.2) is 0 Å². The van der Waals surface area contributed by atoms with E-state index in [1.807, 2.05) is 18.2 Å². The zero-order valence-electron chi connectivity index (χ0n) is 10.6. The minimum absolute atomic E-state index is 0.0922. The van der Waals surface area contributed by atoms with Crippen LogP contribution in [0.15, 0.2) is 41.5 Å². The van der Waals surface area contributed by atoms with E-state index in [1.165, 1.54) is 7.11 Å². The highest BCUT2D eigenvalue weighted by atomic mass is 35.5. The molecule has 0 bridgehead atoms. The number of rotatable bonds is 4. The van der Waals surface area contributed by atoms with Crippen molar-refractivity contribution in [3.8, 4) is 11.5 Å². The first-order valence-electron chi connectivity index (χ1n) is 5.72. The third-order valence-electron chi connectivity index (χ3n) is 2.54. The smallest absolute Gasteiger partial charge is 0.176 e. The van der Waals surface area contributed by atoms with Crippen LogP contribution >= 0.6 is 23.2 Å². The molecule has 4 nitrogen and oxygen atoms in total. The van der Waals surface area contributed by atoms with Crippen molar-refractivity contribution in [2.75, 3.05) is 12.5 Å². The summed E-state index contributed by atoms with van der Waals surface area (Å²) in [6.45, 7) is 0. The molecule has 0 unspecified atom stereocenters. The molecule has 0 atom stereocenters. The predicted molar refractivity (Wildman–Crippen MR) is 82.3 cm³/mol. The van der Waals surface area contributed by atoms with E-state index >= 15 is 0 Å². The number of benzene rings is 2. The number of phenols is 1. The maximum absolute atomic E-state index is 9.63. The number of ether oxygens (including phenoxy) is 1. The predicted octanol–water partition coefficient (Wildman–Crippen LogP) is 4.15. The number of hydrazone groups is 1. The molecular weight excluding hydrogens is 299 g/mol. The summed E-state index contributed by atoms with van der Waals surface area (Å²) < 4.78 is 5.01. The van der Waals surface area contributed by atoms with Gasteiger partial charge < -0.3 is 9.84 Å². The van der Waals surface area contributed by atoms with E-state index in [-0.39, 0.29) is 16.5 Å². The number of halogens is 2. The van der Waals surface area contributed by atoms with Crippen molar-refractivity contribution in [3.63, 3.8) is 0 Å². The number of methoxy groups -OCH3 is 1. The molecule has 2 N–H and O–H groups in total. The highest BCUT2D eigenvalue weighted by Crippen LogP contribution is 2.34. The van der Waals surface area contributed by atoms with Crippen LogP contribution in [0.3, 0.4) is 0 Å². The second-order valence-electron chi connectivity index (χ2n) is 3.90. The maximum atomic E-state index is 9.63. The number of anilines is 1. The molecule has 0 heterocycles. The first kappa shape index (κ1) is 14.5. The van der Waals surface area contributed by atoms with E-state index in [0.29, 0.717) is 16.3 Å². The summed E-state index contributed by atoms with van der Waals surface area (Å²) in [6, 6.07) is 10.5. The number of para-hydroxylation sites is 1. The molecule has 0 spiro atoms. The minimum atomic E-state index is -0.0922. The molecule has 2 aromatic carbocycles. The van der Waals surface area contributed by atoms with Gasteiger partial charge in [-0.2, -0.15) is 5.10 Å². The van der Waals surface area contributed by atoms with E-state index < -0.39 is 0 Å². The van der Waals surface area contributed by atoms with E-state index in [0.717, 1.165) is 0 Å². The lowest BCUT2D eigenvalue weighted by Crippen LogP contribution is -1.92. The van der Waals surface area contributed by atoms with Crippen molar-refractivity contribution in [3.05, 3.63) is 52.0 Å². The Morgan fingerprint density at radius 3 is 2.65 bits per heavy atom. The summed E-state index contributed by atoms with van der Waals surface area (Å²) in [6.07, 6.45) is 1.55. The summed E-state index contributed by atoms with van der Waals surface area (Å²) in [5.41, 5.74) is 4.21. The quantitative estimate of drug-likeness (QED) is 0.658. The molecule has 0 aliphatic rings. The van der Waals surface area contributed by atoms with Gasteiger partial charge in [-0.05, 0) is 29.8 Å². The van der Waals surface area contributed by atoms with Crippen molar-refractivity contribution in [2.45, 2.75) is 0 Å². The molecule has 0 aliphatic carbocycles. The van der Waals surface area contributed by atoms with Crippen LogP contribution in [0, 0.1) is 0 Å². The summed E-state index contributed by atoms with van der Waals surface area (Å²) >= 11 is 11.9.